The van der Waals surface area contributed by atoms with E-state index in [9.17, 15) is 0 Å². The molecule has 1 aliphatic heterocycles. The van der Waals surface area contributed by atoms with Crippen LogP contribution in [0.3, 0.4) is 0 Å². The summed E-state index contributed by atoms with van der Waals surface area (Å²) in [6.07, 6.45) is 10.4. The quantitative estimate of drug-likeness (QED) is 0.650. The molecule has 0 unspecified atom stereocenters. The minimum Gasteiger partial charge on any atom is -0.487 e. The predicted molar refractivity (Wildman–Crippen MR) is 112 cm³/mol. The van der Waals surface area contributed by atoms with Gasteiger partial charge in [0, 0.05) is 38.9 Å². The van der Waals surface area contributed by atoms with Crippen molar-refractivity contribution in [2.24, 2.45) is 5.92 Å². The van der Waals surface area contributed by atoms with Gasteiger partial charge in [0.05, 0.1) is 0 Å². The average Bonchev–Trinajstić information content (AvgIpc) is 2.72. The third kappa shape index (κ3) is 5.13. The van der Waals surface area contributed by atoms with Crippen LogP contribution < -0.4 is 4.74 Å². The van der Waals surface area contributed by atoms with E-state index in [0.717, 1.165) is 44.0 Å². The lowest BCUT2D eigenvalue weighted by Gasteiger charge is -2.43. The first-order valence-electron chi connectivity index (χ1n) is 10.8. The minimum atomic E-state index is -0.0776. The second-order valence-electron chi connectivity index (χ2n) is 8.57. The summed E-state index contributed by atoms with van der Waals surface area (Å²) in [4.78, 5) is 2.70. The number of para-hydroxylation sites is 1. The van der Waals surface area contributed by atoms with Gasteiger partial charge >= 0.3 is 0 Å². The lowest BCUT2D eigenvalue weighted by molar-refractivity contribution is -0.00342. The fraction of sp³-hybridized carbons (Fsp3) is 0.520. The molecule has 2 nitrogen and oxygen atoms in total. The number of rotatable bonds is 6. The fourth-order valence-corrected chi connectivity index (χ4v) is 4.90. The largest absolute Gasteiger partial charge is 0.487 e. The van der Waals surface area contributed by atoms with Crippen LogP contribution in [0.4, 0.5) is 0 Å². The van der Waals surface area contributed by atoms with Gasteiger partial charge in [-0.3, -0.25) is 0 Å². The van der Waals surface area contributed by atoms with Crippen LogP contribution in [0.2, 0.25) is 0 Å². The molecule has 0 spiro atoms. The maximum atomic E-state index is 6.66. The predicted octanol–water partition coefficient (Wildman–Crippen LogP) is 5.72. The van der Waals surface area contributed by atoms with Crippen molar-refractivity contribution in [3.63, 3.8) is 0 Å². The fourth-order valence-electron chi connectivity index (χ4n) is 4.90. The van der Waals surface area contributed by atoms with Gasteiger partial charge in [-0.2, -0.15) is 0 Å². The van der Waals surface area contributed by atoms with Crippen molar-refractivity contribution in [3.8, 4) is 5.75 Å². The molecule has 2 aliphatic rings. The Labute approximate surface area is 164 Å². The van der Waals surface area contributed by atoms with Crippen LogP contribution in [0.1, 0.15) is 50.5 Å². The molecular weight excluding hydrogens is 330 g/mol. The monoisotopic (exact) mass is 363 g/mol. The van der Waals surface area contributed by atoms with E-state index < -0.39 is 0 Å². The minimum absolute atomic E-state index is 0.0776. The molecule has 0 atom stereocenters. The number of hydrogen-bond acceptors (Lipinski definition) is 2. The summed E-state index contributed by atoms with van der Waals surface area (Å²) in [5, 5.41) is 0. The standard InChI is InChI=1S/C25H33NO/c1-4-10-22(11-5-1)20-25(27-24-14-8-3-9-15-24)16-18-26(19-17-25)21-23-12-6-2-7-13-23/h1,3-5,8-11,14-15,23H,2,6-7,12-13,16-21H2. The van der Waals surface area contributed by atoms with Gasteiger partial charge < -0.3 is 9.64 Å². The zero-order chi connectivity index (χ0) is 18.4. The molecule has 144 valence electrons. The van der Waals surface area contributed by atoms with Crippen molar-refractivity contribution in [1.82, 2.24) is 4.90 Å². The van der Waals surface area contributed by atoms with Crippen LogP contribution in [0.25, 0.3) is 0 Å². The van der Waals surface area contributed by atoms with E-state index in [1.54, 1.807) is 0 Å². The number of hydrogen-bond donors (Lipinski definition) is 0. The smallest absolute Gasteiger partial charge is 0.120 e. The summed E-state index contributed by atoms with van der Waals surface area (Å²) in [5.41, 5.74) is 1.31. The number of ether oxygens (including phenoxy) is 1. The van der Waals surface area contributed by atoms with E-state index in [1.807, 2.05) is 0 Å². The van der Waals surface area contributed by atoms with Crippen LogP contribution in [-0.2, 0) is 6.42 Å². The summed E-state index contributed by atoms with van der Waals surface area (Å²) in [6.45, 7) is 3.62. The van der Waals surface area contributed by atoms with Crippen molar-refractivity contribution in [1.29, 1.82) is 0 Å². The molecule has 1 aliphatic carbocycles. The number of likely N-dealkylation sites (tertiary alicyclic amines) is 1. The van der Waals surface area contributed by atoms with Crippen LogP contribution in [-0.4, -0.2) is 30.1 Å². The summed E-state index contributed by atoms with van der Waals surface area (Å²) in [7, 11) is 0. The van der Waals surface area contributed by atoms with E-state index >= 15 is 0 Å². The van der Waals surface area contributed by atoms with E-state index in [-0.39, 0.29) is 5.60 Å². The van der Waals surface area contributed by atoms with Gasteiger partial charge in [0.15, 0.2) is 0 Å². The summed E-state index contributed by atoms with van der Waals surface area (Å²) in [6, 6.07) is 21.3. The molecular formula is C25H33NO. The van der Waals surface area contributed by atoms with Crippen LogP contribution in [0, 0.1) is 5.92 Å². The lowest BCUT2D eigenvalue weighted by atomic mass is 9.83. The first kappa shape index (κ1) is 18.6. The highest BCUT2D eigenvalue weighted by molar-refractivity contribution is 5.24. The second-order valence-corrected chi connectivity index (χ2v) is 8.57. The van der Waals surface area contributed by atoms with Crippen LogP contribution in [0.15, 0.2) is 60.7 Å². The van der Waals surface area contributed by atoms with E-state index in [0.29, 0.717) is 0 Å². The average molecular weight is 364 g/mol. The van der Waals surface area contributed by atoms with Gasteiger partial charge in [0.25, 0.3) is 0 Å². The van der Waals surface area contributed by atoms with Gasteiger partial charge in [0.1, 0.15) is 11.4 Å². The van der Waals surface area contributed by atoms with Gasteiger partial charge in [-0.05, 0) is 36.5 Å². The highest BCUT2D eigenvalue weighted by atomic mass is 16.5. The van der Waals surface area contributed by atoms with Crippen molar-refractivity contribution in [2.75, 3.05) is 19.6 Å². The molecule has 0 N–H and O–H groups in total. The van der Waals surface area contributed by atoms with Crippen LogP contribution in [0.5, 0.6) is 5.75 Å². The summed E-state index contributed by atoms with van der Waals surface area (Å²) < 4.78 is 6.66. The molecule has 1 saturated heterocycles. The molecule has 1 heterocycles. The first-order chi connectivity index (χ1) is 13.3. The lowest BCUT2D eigenvalue weighted by Crippen LogP contribution is -2.50. The molecule has 2 heteroatoms. The molecule has 0 radical (unpaired) electrons. The Morgan fingerprint density at radius 3 is 2.11 bits per heavy atom. The zero-order valence-corrected chi connectivity index (χ0v) is 16.5. The first-order valence-corrected chi connectivity index (χ1v) is 10.8. The molecule has 0 bridgehead atoms. The van der Waals surface area contributed by atoms with E-state index in [4.69, 9.17) is 4.74 Å². The number of piperidine rings is 1. The normalized spacial score (nSPS) is 21.0. The Morgan fingerprint density at radius 1 is 0.815 bits per heavy atom. The van der Waals surface area contributed by atoms with Gasteiger partial charge in [-0.15, -0.1) is 0 Å². The van der Waals surface area contributed by atoms with E-state index in [1.165, 1.54) is 44.2 Å². The Hall–Kier alpha value is -1.80. The van der Waals surface area contributed by atoms with Crippen LogP contribution >= 0.6 is 0 Å². The van der Waals surface area contributed by atoms with Gasteiger partial charge in [-0.1, -0.05) is 67.8 Å². The highest BCUT2D eigenvalue weighted by Gasteiger charge is 2.37. The molecule has 1 saturated carbocycles. The van der Waals surface area contributed by atoms with E-state index in [2.05, 4.69) is 65.6 Å². The number of nitrogens with zero attached hydrogens (tertiary/aromatic N) is 1. The third-order valence-electron chi connectivity index (χ3n) is 6.46. The number of benzene rings is 2. The Bertz CT molecular complexity index is 626. The van der Waals surface area contributed by atoms with Gasteiger partial charge in [0.2, 0.25) is 0 Å². The topological polar surface area (TPSA) is 12.5 Å². The molecule has 2 aromatic rings. The Balaban J connectivity index is 1.43. The zero-order valence-electron chi connectivity index (χ0n) is 16.5. The molecule has 2 aromatic carbocycles. The van der Waals surface area contributed by atoms with Crippen molar-refractivity contribution in [2.45, 2.75) is 57.0 Å². The highest BCUT2D eigenvalue weighted by Crippen LogP contribution is 2.33. The maximum absolute atomic E-state index is 6.66. The molecule has 27 heavy (non-hydrogen) atoms. The maximum Gasteiger partial charge on any atom is 0.120 e. The molecule has 4 rings (SSSR count). The summed E-state index contributed by atoms with van der Waals surface area (Å²) in [5.74, 6) is 1.93. The summed E-state index contributed by atoms with van der Waals surface area (Å²) >= 11 is 0. The van der Waals surface area contributed by atoms with Gasteiger partial charge in [-0.25, -0.2) is 0 Å². The Morgan fingerprint density at radius 2 is 1.44 bits per heavy atom. The van der Waals surface area contributed by atoms with Crippen molar-refractivity contribution < 1.29 is 4.74 Å². The second kappa shape index (κ2) is 8.93. The Kier molecular flexibility index (Phi) is 6.14. The SMILES string of the molecule is c1ccc(CC2(Oc3ccccc3)CCN(CC3CCCCC3)CC2)cc1. The van der Waals surface area contributed by atoms with Crippen molar-refractivity contribution in [3.05, 3.63) is 66.2 Å². The molecule has 0 aromatic heterocycles. The molecule has 2 fully saturated rings. The van der Waals surface area contributed by atoms with Crippen molar-refractivity contribution >= 4 is 0 Å². The molecule has 0 amide bonds. The third-order valence-corrected chi connectivity index (χ3v) is 6.46.